The molecule has 2 saturated heterocycles. The Kier molecular flexibility index (Phi) is 5.64. The Bertz CT molecular complexity index is 651. The fourth-order valence-electron chi connectivity index (χ4n) is 3.87. The number of halogens is 1. The van der Waals surface area contributed by atoms with E-state index in [0.717, 1.165) is 25.1 Å². The molecule has 0 bridgehead atoms. The topological polar surface area (TPSA) is 43.9 Å². The van der Waals surface area contributed by atoms with Gasteiger partial charge in [-0.1, -0.05) is 23.7 Å². The molecule has 6 heteroatoms. The highest BCUT2D eigenvalue weighted by atomic mass is 35.5. The number of anilines is 1. The van der Waals surface area contributed by atoms with Crippen LogP contribution in [0.2, 0.25) is 5.02 Å². The summed E-state index contributed by atoms with van der Waals surface area (Å²) in [7, 11) is 1.87. The zero-order chi connectivity index (χ0) is 18.0. The van der Waals surface area contributed by atoms with Crippen LogP contribution in [0.4, 0.5) is 5.69 Å². The van der Waals surface area contributed by atoms with E-state index in [1.165, 1.54) is 6.42 Å². The Balaban J connectivity index is 1.63. The summed E-state index contributed by atoms with van der Waals surface area (Å²) in [5, 5.41) is 0.581. The lowest BCUT2D eigenvalue weighted by atomic mass is 10.0. The first-order chi connectivity index (χ1) is 12.0. The van der Waals surface area contributed by atoms with E-state index in [-0.39, 0.29) is 24.4 Å². The van der Waals surface area contributed by atoms with Crippen LogP contribution in [0.15, 0.2) is 24.3 Å². The monoisotopic (exact) mass is 363 g/mol. The lowest BCUT2D eigenvalue weighted by Crippen LogP contribution is -2.49. The molecule has 0 aliphatic carbocycles. The molecule has 0 aromatic heterocycles. The molecule has 2 aliphatic rings. The molecule has 2 atom stereocenters. The first-order valence-electron chi connectivity index (χ1n) is 9.04. The number of carbonyl (C=O) groups excluding carboxylic acids is 2. The summed E-state index contributed by atoms with van der Waals surface area (Å²) >= 11 is 6.23. The molecule has 2 aliphatic heterocycles. The van der Waals surface area contributed by atoms with Crippen molar-refractivity contribution in [3.05, 3.63) is 29.3 Å². The van der Waals surface area contributed by atoms with E-state index < -0.39 is 0 Å². The first kappa shape index (κ1) is 18.2. The highest BCUT2D eigenvalue weighted by molar-refractivity contribution is 6.33. The molecule has 0 N–H and O–H groups in total. The molecule has 0 saturated carbocycles. The second-order valence-corrected chi connectivity index (χ2v) is 7.50. The van der Waals surface area contributed by atoms with E-state index in [1.54, 1.807) is 11.0 Å². The van der Waals surface area contributed by atoms with Crippen LogP contribution < -0.4 is 4.90 Å². The van der Waals surface area contributed by atoms with Gasteiger partial charge in [0.05, 0.1) is 23.3 Å². The van der Waals surface area contributed by atoms with Crippen LogP contribution in [0.3, 0.4) is 0 Å². The number of nitrogens with zero attached hydrogens (tertiary/aromatic N) is 3. The van der Waals surface area contributed by atoms with Crippen molar-refractivity contribution < 1.29 is 9.59 Å². The van der Waals surface area contributed by atoms with Crippen molar-refractivity contribution in [1.82, 2.24) is 9.80 Å². The summed E-state index contributed by atoms with van der Waals surface area (Å²) < 4.78 is 0. The van der Waals surface area contributed by atoms with Crippen molar-refractivity contribution in [2.75, 3.05) is 31.6 Å². The Morgan fingerprint density at radius 3 is 2.72 bits per heavy atom. The van der Waals surface area contributed by atoms with Crippen LogP contribution in [-0.4, -0.2) is 60.4 Å². The predicted octanol–water partition coefficient (Wildman–Crippen LogP) is 2.78. The maximum atomic E-state index is 12.8. The zero-order valence-electron chi connectivity index (χ0n) is 14.9. The standard InChI is InChI=1S/C19H26ClN3O2/c1-14-7-5-6-11-22(14)18(24)13-21(2)17-10-12-23(19(17)25)16-9-4-3-8-15(16)20/h3-4,8-9,14,17H,5-7,10-13H2,1-2H3. The molecule has 0 spiro atoms. The van der Waals surface area contributed by atoms with Gasteiger partial charge < -0.3 is 9.80 Å². The Morgan fingerprint density at radius 2 is 2.00 bits per heavy atom. The van der Waals surface area contributed by atoms with Crippen LogP contribution in [0.25, 0.3) is 0 Å². The number of hydrogen-bond acceptors (Lipinski definition) is 3. The lowest BCUT2D eigenvalue weighted by molar-refractivity contribution is -0.136. The second kappa shape index (κ2) is 7.75. The second-order valence-electron chi connectivity index (χ2n) is 7.09. The molecule has 136 valence electrons. The summed E-state index contributed by atoms with van der Waals surface area (Å²) in [5.41, 5.74) is 0.751. The maximum absolute atomic E-state index is 12.8. The molecule has 0 radical (unpaired) electrons. The molecule has 2 unspecified atom stereocenters. The normalized spacial score (nSPS) is 24.2. The van der Waals surface area contributed by atoms with E-state index in [2.05, 4.69) is 6.92 Å². The third-order valence-corrected chi connectivity index (χ3v) is 5.68. The highest BCUT2D eigenvalue weighted by Crippen LogP contribution is 2.30. The summed E-state index contributed by atoms with van der Waals surface area (Å²) in [6.07, 6.45) is 4.04. The molecule has 25 heavy (non-hydrogen) atoms. The molecular formula is C19H26ClN3O2. The molecule has 1 aromatic rings. The van der Waals surface area contributed by atoms with Gasteiger partial charge in [-0.15, -0.1) is 0 Å². The molecular weight excluding hydrogens is 338 g/mol. The molecule has 2 fully saturated rings. The van der Waals surface area contributed by atoms with Crippen LogP contribution >= 0.6 is 11.6 Å². The SMILES string of the molecule is CC1CCCCN1C(=O)CN(C)C1CCN(c2ccccc2Cl)C1=O. The van der Waals surface area contributed by atoms with Crippen LogP contribution in [0.5, 0.6) is 0 Å². The third-order valence-electron chi connectivity index (χ3n) is 5.36. The number of rotatable bonds is 4. The number of para-hydroxylation sites is 1. The molecule has 3 rings (SSSR count). The summed E-state index contributed by atoms with van der Waals surface area (Å²) in [4.78, 5) is 31.0. The number of amides is 2. The Labute approximate surface area is 154 Å². The Hall–Kier alpha value is -1.59. The zero-order valence-corrected chi connectivity index (χ0v) is 15.7. The molecule has 2 heterocycles. The number of hydrogen-bond donors (Lipinski definition) is 0. The van der Waals surface area contributed by atoms with Crippen LogP contribution in [0, 0.1) is 0 Å². The Morgan fingerprint density at radius 1 is 1.24 bits per heavy atom. The summed E-state index contributed by atoms with van der Waals surface area (Å²) in [5.74, 6) is 0.147. The third kappa shape index (κ3) is 3.82. The van der Waals surface area contributed by atoms with Gasteiger partial charge in [0.15, 0.2) is 0 Å². The largest absolute Gasteiger partial charge is 0.339 e. The minimum absolute atomic E-state index is 0.0232. The minimum Gasteiger partial charge on any atom is -0.339 e. The predicted molar refractivity (Wildman–Crippen MR) is 99.9 cm³/mol. The van der Waals surface area contributed by atoms with E-state index >= 15 is 0 Å². The van der Waals surface area contributed by atoms with Crippen molar-refractivity contribution in [2.24, 2.45) is 0 Å². The van der Waals surface area contributed by atoms with Gasteiger partial charge in [0, 0.05) is 19.1 Å². The fraction of sp³-hybridized carbons (Fsp3) is 0.579. The molecule has 1 aromatic carbocycles. The van der Waals surface area contributed by atoms with Gasteiger partial charge in [-0.05, 0) is 51.8 Å². The quantitative estimate of drug-likeness (QED) is 0.826. The van der Waals surface area contributed by atoms with Crippen molar-refractivity contribution >= 4 is 29.1 Å². The number of likely N-dealkylation sites (N-methyl/N-ethyl adjacent to an activating group) is 1. The number of carbonyl (C=O) groups is 2. The molecule has 2 amide bonds. The van der Waals surface area contributed by atoms with Gasteiger partial charge in [0.1, 0.15) is 0 Å². The van der Waals surface area contributed by atoms with Crippen molar-refractivity contribution in [3.63, 3.8) is 0 Å². The van der Waals surface area contributed by atoms with Gasteiger partial charge in [0.25, 0.3) is 0 Å². The summed E-state index contributed by atoms with van der Waals surface area (Å²) in [6.45, 7) is 3.86. The average Bonchev–Trinajstić information content (AvgIpc) is 2.97. The van der Waals surface area contributed by atoms with Gasteiger partial charge in [-0.2, -0.15) is 0 Å². The minimum atomic E-state index is -0.264. The number of likely N-dealkylation sites (tertiary alicyclic amines) is 1. The van der Waals surface area contributed by atoms with E-state index in [4.69, 9.17) is 11.6 Å². The summed E-state index contributed by atoms with van der Waals surface area (Å²) in [6, 6.07) is 7.43. The van der Waals surface area contributed by atoms with Crippen LogP contribution in [0.1, 0.15) is 32.6 Å². The van der Waals surface area contributed by atoms with Crippen molar-refractivity contribution in [2.45, 2.75) is 44.7 Å². The smallest absolute Gasteiger partial charge is 0.244 e. The highest BCUT2D eigenvalue weighted by Gasteiger charge is 2.37. The van der Waals surface area contributed by atoms with E-state index in [0.29, 0.717) is 24.0 Å². The first-order valence-corrected chi connectivity index (χ1v) is 9.42. The van der Waals surface area contributed by atoms with Gasteiger partial charge in [-0.3, -0.25) is 14.5 Å². The van der Waals surface area contributed by atoms with Crippen molar-refractivity contribution in [1.29, 1.82) is 0 Å². The van der Waals surface area contributed by atoms with Crippen LogP contribution in [-0.2, 0) is 9.59 Å². The van der Waals surface area contributed by atoms with Gasteiger partial charge >= 0.3 is 0 Å². The maximum Gasteiger partial charge on any atom is 0.244 e. The van der Waals surface area contributed by atoms with E-state index in [1.807, 2.05) is 35.0 Å². The van der Waals surface area contributed by atoms with Gasteiger partial charge in [0.2, 0.25) is 11.8 Å². The van der Waals surface area contributed by atoms with E-state index in [9.17, 15) is 9.59 Å². The number of benzene rings is 1. The number of piperidine rings is 1. The van der Waals surface area contributed by atoms with Gasteiger partial charge in [-0.25, -0.2) is 0 Å². The fourth-order valence-corrected chi connectivity index (χ4v) is 4.10. The lowest BCUT2D eigenvalue weighted by Gasteiger charge is -2.35. The average molecular weight is 364 g/mol. The molecule has 5 nitrogen and oxygen atoms in total. The van der Waals surface area contributed by atoms with Crippen molar-refractivity contribution in [3.8, 4) is 0 Å².